The smallest absolute Gasteiger partial charge is 0.303 e. The van der Waals surface area contributed by atoms with Gasteiger partial charge in [-0.05, 0) is 19.3 Å². The summed E-state index contributed by atoms with van der Waals surface area (Å²) in [6, 6.07) is 0. The molecule has 0 radical (unpaired) electrons. The van der Waals surface area contributed by atoms with Crippen LogP contribution in [0.2, 0.25) is 0 Å². The molecule has 6 heteroatoms. The molecule has 0 aromatic rings. The monoisotopic (exact) mass is 186 g/mol. The van der Waals surface area contributed by atoms with E-state index in [2.05, 4.69) is 4.52 Å². The average Bonchev–Trinajstić information content (AvgIpc) is 1.85. The second-order valence-corrected chi connectivity index (χ2v) is 3.31. The molecule has 11 heavy (non-hydrogen) atoms. The van der Waals surface area contributed by atoms with Crippen LogP contribution in [0.15, 0.2) is 0 Å². The molecule has 68 valence electrons. The number of halogens is 1. The number of rotatable bonds is 6. The first-order valence-corrected chi connectivity index (χ1v) is 4.85. The Kier molecular flexibility index (Phi) is 5.68. The van der Waals surface area contributed by atoms with E-state index in [1.807, 2.05) is 0 Å². The van der Waals surface area contributed by atoms with Crippen molar-refractivity contribution < 1.29 is 23.3 Å². The molecule has 0 aliphatic rings. The van der Waals surface area contributed by atoms with Crippen LogP contribution in [-0.2, 0) is 9.09 Å². The molecule has 0 aromatic heterocycles. The van der Waals surface area contributed by atoms with Gasteiger partial charge in [-0.1, -0.05) is 0 Å². The van der Waals surface area contributed by atoms with Crippen LogP contribution in [-0.4, -0.2) is 23.1 Å². The lowest BCUT2D eigenvalue weighted by Gasteiger charge is -2.03. The zero-order valence-electron chi connectivity index (χ0n) is 6.07. The SMILES string of the molecule is O=P(O)(O)OCCCCCF. The van der Waals surface area contributed by atoms with Gasteiger partial charge in [0.2, 0.25) is 0 Å². The van der Waals surface area contributed by atoms with Gasteiger partial charge in [0.05, 0.1) is 13.3 Å². The normalized spacial score (nSPS) is 11.9. The van der Waals surface area contributed by atoms with E-state index in [-0.39, 0.29) is 6.61 Å². The van der Waals surface area contributed by atoms with Gasteiger partial charge in [-0.2, -0.15) is 0 Å². The molecule has 0 aliphatic carbocycles. The Morgan fingerprint density at radius 2 is 1.91 bits per heavy atom. The summed E-state index contributed by atoms with van der Waals surface area (Å²) < 4.78 is 25.6. The van der Waals surface area contributed by atoms with Gasteiger partial charge < -0.3 is 9.79 Å². The Hall–Kier alpha value is 0.0400. The Labute approximate surface area is 64.6 Å². The number of unbranched alkanes of at least 4 members (excludes halogenated alkanes) is 2. The molecular weight excluding hydrogens is 174 g/mol. The summed E-state index contributed by atoms with van der Waals surface area (Å²) in [6.07, 6.45) is 1.50. The third-order valence-corrected chi connectivity index (χ3v) is 1.56. The lowest BCUT2D eigenvalue weighted by molar-refractivity contribution is 0.193. The quantitative estimate of drug-likeness (QED) is 0.483. The topological polar surface area (TPSA) is 66.8 Å². The van der Waals surface area contributed by atoms with Crippen molar-refractivity contribution in [1.82, 2.24) is 0 Å². The van der Waals surface area contributed by atoms with E-state index in [9.17, 15) is 8.96 Å². The molecule has 0 atom stereocenters. The highest BCUT2D eigenvalue weighted by molar-refractivity contribution is 7.46. The third-order valence-electron chi connectivity index (χ3n) is 1.04. The molecule has 0 rings (SSSR count). The van der Waals surface area contributed by atoms with E-state index in [4.69, 9.17) is 9.79 Å². The average molecular weight is 186 g/mol. The van der Waals surface area contributed by atoms with Gasteiger partial charge in [0, 0.05) is 0 Å². The van der Waals surface area contributed by atoms with Gasteiger partial charge in [0.15, 0.2) is 0 Å². The summed E-state index contributed by atoms with van der Waals surface area (Å²) in [5.41, 5.74) is 0. The van der Waals surface area contributed by atoms with E-state index in [0.29, 0.717) is 19.3 Å². The van der Waals surface area contributed by atoms with Crippen LogP contribution in [0.4, 0.5) is 4.39 Å². The van der Waals surface area contributed by atoms with Crippen molar-refractivity contribution in [3.63, 3.8) is 0 Å². The predicted octanol–water partition coefficient (Wildman–Crippen LogP) is 1.24. The first kappa shape index (κ1) is 11.0. The summed E-state index contributed by atoms with van der Waals surface area (Å²) >= 11 is 0. The molecule has 0 aliphatic heterocycles. The maximum absolute atomic E-state index is 11.5. The molecule has 0 aromatic carbocycles. The fourth-order valence-electron chi connectivity index (χ4n) is 0.557. The maximum Gasteiger partial charge on any atom is 0.469 e. The molecule has 0 saturated carbocycles. The van der Waals surface area contributed by atoms with Gasteiger partial charge in [-0.15, -0.1) is 0 Å². The molecule has 0 spiro atoms. The van der Waals surface area contributed by atoms with E-state index in [1.165, 1.54) is 0 Å². The van der Waals surface area contributed by atoms with Crippen LogP contribution >= 0.6 is 7.82 Å². The Morgan fingerprint density at radius 3 is 2.36 bits per heavy atom. The Balaban J connectivity index is 3.09. The highest BCUT2D eigenvalue weighted by Gasteiger charge is 2.11. The lowest BCUT2D eigenvalue weighted by Crippen LogP contribution is -1.92. The van der Waals surface area contributed by atoms with Gasteiger partial charge in [-0.3, -0.25) is 8.91 Å². The van der Waals surface area contributed by atoms with Crippen molar-refractivity contribution in [3.8, 4) is 0 Å². The predicted molar refractivity (Wildman–Crippen MR) is 37.8 cm³/mol. The zero-order chi connectivity index (χ0) is 8.74. The molecule has 0 fully saturated rings. The van der Waals surface area contributed by atoms with E-state index in [1.54, 1.807) is 0 Å². The van der Waals surface area contributed by atoms with Crippen molar-refractivity contribution in [1.29, 1.82) is 0 Å². The van der Waals surface area contributed by atoms with Crippen molar-refractivity contribution in [2.75, 3.05) is 13.3 Å². The standard InChI is InChI=1S/C5H12FO4P/c6-4-2-1-3-5-10-11(7,8)9/h1-5H2,(H2,7,8,9). The van der Waals surface area contributed by atoms with E-state index < -0.39 is 14.5 Å². The minimum Gasteiger partial charge on any atom is -0.303 e. The van der Waals surface area contributed by atoms with Crippen LogP contribution in [0, 0.1) is 0 Å². The molecule has 0 unspecified atom stereocenters. The van der Waals surface area contributed by atoms with Crippen LogP contribution in [0.25, 0.3) is 0 Å². The summed E-state index contributed by atoms with van der Waals surface area (Å²) in [7, 11) is -4.31. The highest BCUT2D eigenvalue weighted by atomic mass is 31.2. The second kappa shape index (κ2) is 5.66. The summed E-state index contributed by atoms with van der Waals surface area (Å²) in [4.78, 5) is 16.4. The Morgan fingerprint density at radius 1 is 1.27 bits per heavy atom. The van der Waals surface area contributed by atoms with Gasteiger partial charge in [0.1, 0.15) is 0 Å². The van der Waals surface area contributed by atoms with Crippen LogP contribution in [0.1, 0.15) is 19.3 Å². The van der Waals surface area contributed by atoms with Crippen LogP contribution in [0.3, 0.4) is 0 Å². The second-order valence-electron chi connectivity index (χ2n) is 2.07. The molecule has 0 amide bonds. The number of phosphoric ester groups is 1. The summed E-state index contributed by atoms with van der Waals surface area (Å²) in [5.74, 6) is 0. The van der Waals surface area contributed by atoms with Gasteiger partial charge >= 0.3 is 7.82 Å². The van der Waals surface area contributed by atoms with Crippen LogP contribution < -0.4 is 0 Å². The first-order valence-electron chi connectivity index (χ1n) is 3.32. The first-order chi connectivity index (χ1) is 5.06. The summed E-state index contributed by atoms with van der Waals surface area (Å²) in [6.45, 7) is -0.403. The zero-order valence-corrected chi connectivity index (χ0v) is 6.97. The van der Waals surface area contributed by atoms with Crippen LogP contribution in [0.5, 0.6) is 0 Å². The molecule has 0 saturated heterocycles. The fourth-order valence-corrected chi connectivity index (χ4v) is 0.924. The highest BCUT2D eigenvalue weighted by Crippen LogP contribution is 2.35. The van der Waals surface area contributed by atoms with E-state index in [0.717, 1.165) is 0 Å². The fraction of sp³-hybridized carbons (Fsp3) is 1.00. The maximum atomic E-state index is 11.5. The van der Waals surface area contributed by atoms with Crippen molar-refractivity contribution in [2.24, 2.45) is 0 Å². The lowest BCUT2D eigenvalue weighted by atomic mass is 10.3. The van der Waals surface area contributed by atoms with E-state index >= 15 is 0 Å². The molecule has 4 nitrogen and oxygen atoms in total. The number of hydrogen-bond acceptors (Lipinski definition) is 2. The van der Waals surface area contributed by atoms with Gasteiger partial charge in [0.25, 0.3) is 0 Å². The third kappa shape index (κ3) is 10.0. The van der Waals surface area contributed by atoms with Gasteiger partial charge in [-0.25, -0.2) is 4.57 Å². The minimum atomic E-state index is -4.31. The molecule has 0 bridgehead atoms. The molecular formula is C5H12FO4P. The van der Waals surface area contributed by atoms with Crippen molar-refractivity contribution >= 4 is 7.82 Å². The Bertz CT molecular complexity index is 134. The molecule has 2 N–H and O–H groups in total. The largest absolute Gasteiger partial charge is 0.469 e. The number of phosphoric acid groups is 1. The minimum absolute atomic E-state index is 0.00965. The van der Waals surface area contributed by atoms with Crippen molar-refractivity contribution in [3.05, 3.63) is 0 Å². The number of hydrogen-bond donors (Lipinski definition) is 2. The summed E-state index contributed by atoms with van der Waals surface area (Å²) in [5, 5.41) is 0. The molecule has 0 heterocycles. The number of alkyl halides is 1. The van der Waals surface area contributed by atoms with Crippen molar-refractivity contribution in [2.45, 2.75) is 19.3 Å².